The smallest absolute Gasteiger partial charge is 0.331 e. The third kappa shape index (κ3) is 3.07. The Hall–Kier alpha value is -2.75. The largest absolute Gasteiger partial charge is 0.396 e. The van der Waals surface area contributed by atoms with Crippen LogP contribution in [0.1, 0.15) is 23.0 Å². The predicted molar refractivity (Wildman–Crippen MR) is 122 cm³/mol. The summed E-state index contributed by atoms with van der Waals surface area (Å²) < 4.78 is 18.7. The summed E-state index contributed by atoms with van der Waals surface area (Å²) in [5, 5.41) is 13.2. The molecule has 0 fully saturated rings. The molecule has 32 heavy (non-hydrogen) atoms. The molecule has 0 bridgehead atoms. The normalized spacial score (nSPS) is 18.3. The molecule has 0 saturated heterocycles. The molecule has 0 unspecified atom stereocenters. The summed E-state index contributed by atoms with van der Waals surface area (Å²) in [4.78, 5) is 30.7. The number of nitrogens with zero attached hydrogens (tertiary/aromatic N) is 4. The maximum atomic E-state index is 14.2. The highest BCUT2D eigenvalue weighted by molar-refractivity contribution is 7.10. The van der Waals surface area contributed by atoms with Crippen molar-refractivity contribution >= 4 is 33.8 Å². The van der Waals surface area contributed by atoms with Crippen molar-refractivity contribution < 1.29 is 9.50 Å². The van der Waals surface area contributed by atoms with Gasteiger partial charge in [0.05, 0.1) is 28.2 Å². The van der Waals surface area contributed by atoms with Crippen LogP contribution in [0.15, 0.2) is 39.2 Å². The molecular formula is C22H20ClFN4O3S. The molecule has 166 valence electrons. The molecule has 1 aliphatic rings. The van der Waals surface area contributed by atoms with Crippen molar-refractivity contribution in [3.05, 3.63) is 72.2 Å². The first kappa shape index (κ1) is 21.1. The third-order valence-electron chi connectivity index (χ3n) is 6.19. The highest BCUT2D eigenvalue weighted by atomic mass is 35.5. The fourth-order valence-corrected chi connectivity index (χ4v) is 5.84. The predicted octanol–water partition coefficient (Wildman–Crippen LogP) is 3.10. The summed E-state index contributed by atoms with van der Waals surface area (Å²) in [6.45, 7) is 0.377. The minimum atomic E-state index is -0.444. The van der Waals surface area contributed by atoms with Crippen molar-refractivity contribution in [1.82, 2.24) is 18.7 Å². The van der Waals surface area contributed by atoms with Crippen molar-refractivity contribution in [1.29, 1.82) is 0 Å². The van der Waals surface area contributed by atoms with Gasteiger partial charge in [0.25, 0.3) is 5.56 Å². The fraction of sp³-hybridized carbons (Fsp3) is 0.318. The number of aliphatic hydroxyl groups is 1. The summed E-state index contributed by atoms with van der Waals surface area (Å²) >= 11 is 7.51. The Morgan fingerprint density at radius 1 is 1.28 bits per heavy atom. The van der Waals surface area contributed by atoms with E-state index in [1.165, 1.54) is 35.1 Å². The maximum Gasteiger partial charge on any atom is 0.331 e. The Balaban J connectivity index is 1.97. The summed E-state index contributed by atoms with van der Waals surface area (Å²) in [6, 6.07) is 6.06. The van der Waals surface area contributed by atoms with Crippen molar-refractivity contribution in [2.45, 2.75) is 18.9 Å². The van der Waals surface area contributed by atoms with Gasteiger partial charge in [-0.15, -0.1) is 11.3 Å². The van der Waals surface area contributed by atoms with Crippen LogP contribution in [0, 0.1) is 11.7 Å². The standard InChI is InChI=1S/C22H20ClFN4O3S/c1-26-19-16(21(30)27(2)22(26)31)17(12-4-3-5-13(24)7-12)28-8-11(9-29)6-14(18(19)28)20-25-15(23)10-32-20/h3-5,7,10-11,14,29H,6,8-9H2,1-2H3/t11-,14+/m1/s1. The van der Waals surface area contributed by atoms with E-state index in [0.717, 1.165) is 15.3 Å². The van der Waals surface area contributed by atoms with Crippen molar-refractivity contribution in [3.63, 3.8) is 0 Å². The Bertz CT molecular complexity index is 1490. The number of fused-ring (bicyclic) bond motifs is 3. The Labute approximate surface area is 191 Å². The van der Waals surface area contributed by atoms with Gasteiger partial charge < -0.3 is 9.67 Å². The number of aliphatic hydroxyl groups excluding tert-OH is 1. The van der Waals surface area contributed by atoms with Gasteiger partial charge in [-0.05, 0) is 18.6 Å². The Morgan fingerprint density at radius 3 is 2.72 bits per heavy atom. The minimum Gasteiger partial charge on any atom is -0.396 e. The number of halogens is 2. The molecule has 4 heterocycles. The lowest BCUT2D eigenvalue weighted by molar-refractivity contribution is 0.186. The lowest BCUT2D eigenvalue weighted by Gasteiger charge is -2.31. The second kappa shape index (κ2) is 7.68. The maximum absolute atomic E-state index is 14.2. The van der Waals surface area contributed by atoms with Gasteiger partial charge in [-0.1, -0.05) is 23.7 Å². The molecule has 0 spiro atoms. The molecule has 0 radical (unpaired) electrons. The van der Waals surface area contributed by atoms with Crippen LogP contribution < -0.4 is 11.2 Å². The molecule has 1 aliphatic heterocycles. The van der Waals surface area contributed by atoms with Gasteiger partial charge in [0.15, 0.2) is 0 Å². The highest BCUT2D eigenvalue weighted by Gasteiger charge is 2.37. The zero-order chi connectivity index (χ0) is 22.7. The number of hydrogen-bond donors (Lipinski definition) is 1. The van der Waals surface area contributed by atoms with Crippen molar-refractivity contribution in [2.24, 2.45) is 20.0 Å². The van der Waals surface area contributed by atoms with E-state index in [9.17, 15) is 19.1 Å². The molecule has 1 aromatic carbocycles. The average molecular weight is 475 g/mol. The summed E-state index contributed by atoms with van der Waals surface area (Å²) in [6.07, 6.45) is 0.589. The average Bonchev–Trinajstić information content (AvgIpc) is 3.37. The molecule has 2 atom stereocenters. The number of hydrogen-bond acceptors (Lipinski definition) is 5. The van der Waals surface area contributed by atoms with Gasteiger partial charge >= 0.3 is 5.69 Å². The molecule has 0 amide bonds. The zero-order valence-electron chi connectivity index (χ0n) is 17.4. The Morgan fingerprint density at radius 2 is 2.06 bits per heavy atom. The van der Waals surface area contributed by atoms with Crippen molar-refractivity contribution in [3.8, 4) is 11.3 Å². The first-order chi connectivity index (χ1) is 15.3. The summed E-state index contributed by atoms with van der Waals surface area (Å²) in [5.74, 6) is -0.809. The van der Waals surface area contributed by atoms with E-state index in [1.54, 1.807) is 24.6 Å². The van der Waals surface area contributed by atoms with Gasteiger partial charge in [0, 0.05) is 44.1 Å². The first-order valence-corrected chi connectivity index (χ1v) is 11.4. The third-order valence-corrected chi connectivity index (χ3v) is 7.47. The monoisotopic (exact) mass is 474 g/mol. The molecule has 3 aromatic heterocycles. The summed E-state index contributed by atoms with van der Waals surface area (Å²) in [7, 11) is 3.06. The van der Waals surface area contributed by atoms with Crippen LogP contribution in [-0.2, 0) is 20.6 Å². The quantitative estimate of drug-likeness (QED) is 0.494. The van der Waals surface area contributed by atoms with Gasteiger partial charge in [0.1, 0.15) is 16.0 Å². The number of aromatic nitrogens is 4. The van der Waals surface area contributed by atoms with Gasteiger partial charge in [0.2, 0.25) is 0 Å². The van der Waals surface area contributed by atoms with Crippen LogP contribution >= 0.6 is 22.9 Å². The van der Waals surface area contributed by atoms with E-state index in [2.05, 4.69) is 4.98 Å². The van der Waals surface area contributed by atoms with Crippen LogP contribution in [-0.4, -0.2) is 30.4 Å². The number of aryl methyl sites for hydroxylation is 1. The number of rotatable bonds is 3. The van der Waals surface area contributed by atoms with Gasteiger partial charge in [-0.25, -0.2) is 14.2 Å². The minimum absolute atomic E-state index is 0.0525. The number of benzene rings is 1. The molecule has 4 aromatic rings. The molecule has 5 rings (SSSR count). The lowest BCUT2D eigenvalue weighted by atomic mass is 9.88. The van der Waals surface area contributed by atoms with Crippen LogP contribution in [0.3, 0.4) is 0 Å². The van der Waals surface area contributed by atoms with Gasteiger partial charge in [-0.3, -0.25) is 13.9 Å². The molecule has 10 heteroatoms. The molecule has 0 saturated carbocycles. The summed E-state index contributed by atoms with van der Waals surface area (Å²) in [5.41, 5.74) is 1.45. The number of thiazole rings is 1. The van der Waals surface area contributed by atoms with E-state index in [0.29, 0.717) is 40.3 Å². The van der Waals surface area contributed by atoms with Crippen LogP contribution in [0.5, 0.6) is 0 Å². The zero-order valence-corrected chi connectivity index (χ0v) is 19.0. The topological polar surface area (TPSA) is 82.0 Å². The molecule has 0 aliphatic carbocycles. The molecular weight excluding hydrogens is 455 g/mol. The molecule has 7 nitrogen and oxygen atoms in total. The lowest BCUT2D eigenvalue weighted by Crippen LogP contribution is -2.37. The fourth-order valence-electron chi connectivity index (χ4n) is 4.77. The highest BCUT2D eigenvalue weighted by Crippen LogP contribution is 2.45. The van der Waals surface area contributed by atoms with Crippen molar-refractivity contribution in [2.75, 3.05) is 6.61 Å². The van der Waals surface area contributed by atoms with Gasteiger partial charge in [-0.2, -0.15) is 0 Å². The molecule has 1 N–H and O–H groups in total. The SMILES string of the molecule is Cn1c(=O)c2c(-c3cccc(F)c3)n3c(c2n(C)c1=O)[C@@H](c1nc(Cl)cs1)C[C@@H](CO)C3. The van der Waals surface area contributed by atoms with E-state index in [-0.39, 0.29) is 18.4 Å². The first-order valence-electron chi connectivity index (χ1n) is 10.1. The van der Waals surface area contributed by atoms with E-state index in [4.69, 9.17) is 11.6 Å². The second-order valence-corrected chi connectivity index (χ2v) is 9.41. The van der Waals surface area contributed by atoms with E-state index < -0.39 is 17.1 Å². The van der Waals surface area contributed by atoms with Crippen LogP contribution in [0.25, 0.3) is 22.2 Å². The van der Waals surface area contributed by atoms with Crippen LogP contribution in [0.4, 0.5) is 4.39 Å². The van der Waals surface area contributed by atoms with E-state index >= 15 is 0 Å². The van der Waals surface area contributed by atoms with E-state index in [1.807, 2.05) is 4.57 Å². The van der Waals surface area contributed by atoms with Crippen LogP contribution in [0.2, 0.25) is 5.15 Å². The second-order valence-electron chi connectivity index (χ2n) is 8.13. The Kier molecular flexibility index (Phi) is 5.07.